The highest BCUT2D eigenvalue weighted by atomic mass is 16.5. The fourth-order valence-electron chi connectivity index (χ4n) is 1.76. The van der Waals surface area contributed by atoms with Gasteiger partial charge in [0.05, 0.1) is 12.3 Å². The summed E-state index contributed by atoms with van der Waals surface area (Å²) >= 11 is 0. The lowest BCUT2D eigenvalue weighted by molar-refractivity contribution is -0.150. The van der Waals surface area contributed by atoms with Gasteiger partial charge in [0.2, 0.25) is 0 Å². The van der Waals surface area contributed by atoms with Gasteiger partial charge in [-0.05, 0) is 19.1 Å². The van der Waals surface area contributed by atoms with Crippen molar-refractivity contribution in [3.63, 3.8) is 0 Å². The van der Waals surface area contributed by atoms with Crippen molar-refractivity contribution in [3.05, 3.63) is 36.7 Å². The van der Waals surface area contributed by atoms with Gasteiger partial charge >= 0.3 is 12.0 Å². The number of rotatable bonds is 8. The molecule has 2 rings (SSSR count). The van der Waals surface area contributed by atoms with E-state index in [1.807, 2.05) is 30.3 Å². The van der Waals surface area contributed by atoms with Crippen molar-refractivity contribution in [2.45, 2.75) is 19.4 Å². The highest BCUT2D eigenvalue weighted by Crippen LogP contribution is 2.09. The van der Waals surface area contributed by atoms with E-state index in [1.165, 1.54) is 0 Å². The first-order valence-electron chi connectivity index (χ1n) is 6.65. The standard InChI is InChI=1S/C14H17N3O4/c1-2-20-12(13(18)19)8-9-21-14-15-10-17(16-14)11-6-4-3-5-7-11/h3-7,10,12H,2,8-9H2,1H3,(H,18,19). The maximum Gasteiger partial charge on any atom is 0.335 e. The summed E-state index contributed by atoms with van der Waals surface area (Å²) < 4.78 is 12.0. The number of ether oxygens (including phenoxy) is 2. The van der Waals surface area contributed by atoms with Crippen LogP contribution in [0.25, 0.3) is 5.69 Å². The Balaban J connectivity index is 1.87. The first-order valence-corrected chi connectivity index (χ1v) is 6.65. The van der Waals surface area contributed by atoms with Crippen molar-refractivity contribution in [2.75, 3.05) is 13.2 Å². The number of carbonyl (C=O) groups is 1. The van der Waals surface area contributed by atoms with E-state index in [9.17, 15) is 4.79 Å². The zero-order chi connectivity index (χ0) is 15.1. The second kappa shape index (κ2) is 7.39. The molecule has 0 aliphatic carbocycles. The van der Waals surface area contributed by atoms with Crippen LogP contribution in [0.3, 0.4) is 0 Å². The Bertz CT molecular complexity index is 571. The third kappa shape index (κ3) is 4.28. The smallest absolute Gasteiger partial charge is 0.335 e. The lowest BCUT2D eigenvalue weighted by atomic mass is 10.3. The highest BCUT2D eigenvalue weighted by molar-refractivity contribution is 5.72. The maximum atomic E-state index is 10.9. The van der Waals surface area contributed by atoms with Gasteiger partial charge in [-0.2, -0.15) is 4.98 Å². The molecule has 7 nitrogen and oxygen atoms in total. The second-order valence-electron chi connectivity index (χ2n) is 4.23. The number of nitrogens with zero attached hydrogens (tertiary/aromatic N) is 3. The van der Waals surface area contributed by atoms with Crippen LogP contribution < -0.4 is 4.74 Å². The van der Waals surface area contributed by atoms with Crippen LogP contribution in [0.2, 0.25) is 0 Å². The number of para-hydroxylation sites is 1. The number of hydrogen-bond donors (Lipinski definition) is 1. The molecule has 0 saturated heterocycles. The zero-order valence-corrected chi connectivity index (χ0v) is 11.7. The molecular weight excluding hydrogens is 274 g/mol. The first-order chi connectivity index (χ1) is 10.2. The van der Waals surface area contributed by atoms with Crippen LogP contribution in [-0.2, 0) is 9.53 Å². The molecule has 0 fully saturated rings. The van der Waals surface area contributed by atoms with Crippen molar-refractivity contribution >= 4 is 5.97 Å². The van der Waals surface area contributed by atoms with Gasteiger partial charge in [-0.25, -0.2) is 9.48 Å². The van der Waals surface area contributed by atoms with E-state index in [0.29, 0.717) is 6.61 Å². The zero-order valence-electron chi connectivity index (χ0n) is 11.7. The normalized spacial score (nSPS) is 12.0. The van der Waals surface area contributed by atoms with Gasteiger partial charge in [-0.1, -0.05) is 18.2 Å². The van der Waals surface area contributed by atoms with E-state index >= 15 is 0 Å². The maximum absolute atomic E-state index is 10.9. The second-order valence-corrected chi connectivity index (χ2v) is 4.23. The van der Waals surface area contributed by atoms with Gasteiger partial charge < -0.3 is 14.6 Å². The molecule has 21 heavy (non-hydrogen) atoms. The summed E-state index contributed by atoms with van der Waals surface area (Å²) in [5, 5.41) is 13.1. The van der Waals surface area contributed by atoms with Crippen LogP contribution in [0.4, 0.5) is 0 Å². The summed E-state index contributed by atoms with van der Waals surface area (Å²) in [5.41, 5.74) is 0.873. The van der Waals surface area contributed by atoms with Crippen LogP contribution in [0, 0.1) is 0 Å². The van der Waals surface area contributed by atoms with Crippen LogP contribution in [0.1, 0.15) is 13.3 Å². The number of carboxylic acids is 1. The molecule has 0 radical (unpaired) electrons. The molecule has 1 aromatic carbocycles. The van der Waals surface area contributed by atoms with Crippen molar-refractivity contribution in [3.8, 4) is 11.7 Å². The van der Waals surface area contributed by atoms with E-state index in [2.05, 4.69) is 10.1 Å². The predicted molar refractivity (Wildman–Crippen MR) is 74.5 cm³/mol. The average molecular weight is 291 g/mol. The van der Waals surface area contributed by atoms with Gasteiger partial charge in [0, 0.05) is 13.0 Å². The average Bonchev–Trinajstić information content (AvgIpc) is 2.96. The van der Waals surface area contributed by atoms with Gasteiger partial charge in [0.15, 0.2) is 6.10 Å². The SMILES string of the molecule is CCOC(CCOc1ncn(-c2ccccc2)n1)C(=O)O. The molecule has 1 N–H and O–H groups in total. The van der Waals surface area contributed by atoms with E-state index in [0.717, 1.165) is 5.69 Å². The van der Waals surface area contributed by atoms with Gasteiger partial charge in [0.1, 0.15) is 6.33 Å². The van der Waals surface area contributed by atoms with E-state index in [1.54, 1.807) is 17.9 Å². The molecule has 1 unspecified atom stereocenters. The van der Waals surface area contributed by atoms with Crippen LogP contribution in [0.5, 0.6) is 6.01 Å². The number of carboxylic acid groups (broad SMARTS) is 1. The molecule has 2 aromatic rings. The molecule has 0 saturated carbocycles. The lowest BCUT2D eigenvalue weighted by Gasteiger charge is -2.11. The van der Waals surface area contributed by atoms with Gasteiger partial charge in [-0.3, -0.25) is 0 Å². The van der Waals surface area contributed by atoms with Crippen LogP contribution in [0.15, 0.2) is 36.7 Å². The van der Waals surface area contributed by atoms with E-state index in [-0.39, 0.29) is 19.0 Å². The minimum atomic E-state index is -0.997. The lowest BCUT2D eigenvalue weighted by Crippen LogP contribution is -2.26. The first kappa shape index (κ1) is 15.0. The Morgan fingerprint density at radius 1 is 1.38 bits per heavy atom. The molecule has 0 spiro atoms. The largest absolute Gasteiger partial charge is 0.479 e. The molecule has 1 heterocycles. The van der Waals surface area contributed by atoms with Crippen molar-refractivity contribution in [2.24, 2.45) is 0 Å². The minimum Gasteiger partial charge on any atom is -0.479 e. The van der Waals surface area contributed by atoms with Gasteiger partial charge in [0.25, 0.3) is 0 Å². The quantitative estimate of drug-likeness (QED) is 0.793. The minimum absolute atomic E-state index is 0.176. The number of hydrogen-bond acceptors (Lipinski definition) is 5. The number of aliphatic carboxylic acids is 1. The Hall–Kier alpha value is -2.41. The van der Waals surface area contributed by atoms with Crippen molar-refractivity contribution in [1.82, 2.24) is 14.8 Å². The summed E-state index contributed by atoms with van der Waals surface area (Å²) in [6.07, 6.45) is 0.913. The van der Waals surface area contributed by atoms with Crippen molar-refractivity contribution in [1.29, 1.82) is 0 Å². The summed E-state index contributed by atoms with van der Waals surface area (Å²) in [6.45, 7) is 2.27. The van der Waals surface area contributed by atoms with Crippen LogP contribution in [-0.4, -0.2) is 45.2 Å². The molecule has 7 heteroatoms. The molecule has 1 atom stereocenters. The van der Waals surface area contributed by atoms with E-state index < -0.39 is 12.1 Å². The molecule has 112 valence electrons. The molecule has 0 amide bonds. The summed E-state index contributed by atoms with van der Waals surface area (Å²) in [4.78, 5) is 14.9. The molecular formula is C14H17N3O4. The van der Waals surface area contributed by atoms with Crippen LogP contribution >= 0.6 is 0 Å². The fraction of sp³-hybridized carbons (Fsp3) is 0.357. The van der Waals surface area contributed by atoms with E-state index in [4.69, 9.17) is 14.6 Å². The van der Waals surface area contributed by atoms with Crippen molar-refractivity contribution < 1.29 is 19.4 Å². The number of benzene rings is 1. The third-order valence-corrected chi connectivity index (χ3v) is 2.75. The Morgan fingerprint density at radius 2 is 2.14 bits per heavy atom. The molecule has 0 aliphatic heterocycles. The molecule has 0 aliphatic rings. The topological polar surface area (TPSA) is 86.5 Å². The Kier molecular flexibility index (Phi) is 5.28. The highest BCUT2D eigenvalue weighted by Gasteiger charge is 2.17. The fourth-order valence-corrected chi connectivity index (χ4v) is 1.76. The predicted octanol–water partition coefficient (Wildman–Crippen LogP) is 1.53. The molecule has 0 bridgehead atoms. The Morgan fingerprint density at radius 3 is 2.81 bits per heavy atom. The molecule has 1 aromatic heterocycles. The summed E-state index contributed by atoms with van der Waals surface area (Å²) in [5.74, 6) is -0.997. The Labute approximate surface area is 122 Å². The summed E-state index contributed by atoms with van der Waals surface area (Å²) in [6, 6.07) is 9.72. The van der Waals surface area contributed by atoms with Gasteiger partial charge in [-0.15, -0.1) is 5.10 Å². The monoisotopic (exact) mass is 291 g/mol. The summed E-state index contributed by atoms with van der Waals surface area (Å²) in [7, 11) is 0. The third-order valence-electron chi connectivity index (χ3n) is 2.75. The number of aromatic nitrogens is 3.